The van der Waals surface area contributed by atoms with E-state index in [0.29, 0.717) is 41.1 Å². The van der Waals surface area contributed by atoms with Gasteiger partial charge in [0.15, 0.2) is 15.7 Å². The first-order chi connectivity index (χ1) is 19.9. The lowest BCUT2D eigenvalue weighted by Gasteiger charge is -2.22. The number of carboxylic acid groups (broad SMARTS) is 1. The maximum atomic E-state index is 12.8. The first kappa shape index (κ1) is 32.4. The van der Waals surface area contributed by atoms with Crippen molar-refractivity contribution in [3.63, 3.8) is 0 Å². The molecule has 1 amide bonds. The first-order valence-corrected chi connectivity index (χ1v) is 15.3. The van der Waals surface area contributed by atoms with Crippen molar-refractivity contribution in [3.05, 3.63) is 65.3 Å². The summed E-state index contributed by atoms with van der Waals surface area (Å²) in [6.45, 7) is 5.20. The smallest absolute Gasteiger partial charge is 0.414 e. The third kappa shape index (κ3) is 8.95. The van der Waals surface area contributed by atoms with Crippen LogP contribution in [0.1, 0.15) is 19.4 Å². The van der Waals surface area contributed by atoms with Crippen LogP contribution in [0.3, 0.4) is 0 Å². The quantitative estimate of drug-likeness (QED) is 0.240. The Hall–Kier alpha value is -4.10. The highest BCUT2D eigenvalue weighted by molar-refractivity contribution is 7.91. The van der Waals surface area contributed by atoms with Crippen LogP contribution < -0.4 is 20.3 Å². The van der Waals surface area contributed by atoms with Crippen LogP contribution in [0.25, 0.3) is 0 Å². The summed E-state index contributed by atoms with van der Waals surface area (Å²) >= 11 is 5.88. The lowest BCUT2D eigenvalue weighted by atomic mass is 10.1. The van der Waals surface area contributed by atoms with Crippen LogP contribution >= 0.6 is 11.6 Å². The van der Waals surface area contributed by atoms with Crippen molar-refractivity contribution in [2.45, 2.75) is 31.2 Å². The zero-order valence-corrected chi connectivity index (χ0v) is 25.4. The van der Waals surface area contributed by atoms with Gasteiger partial charge >= 0.3 is 12.1 Å². The number of rotatable bonds is 14. The number of hydrogen-bond acceptors (Lipinski definition) is 10. The van der Waals surface area contributed by atoms with Gasteiger partial charge in [-0.3, -0.25) is 0 Å². The van der Waals surface area contributed by atoms with Crippen LogP contribution in [0.5, 0.6) is 5.75 Å². The normalized spacial score (nSPS) is 11.8. The molecular formula is C28H35ClN6O6S. The van der Waals surface area contributed by atoms with Gasteiger partial charge in [-0.25, -0.2) is 23.0 Å². The molecule has 3 rings (SSSR count). The number of halogens is 1. The number of sulfone groups is 1. The van der Waals surface area contributed by atoms with Gasteiger partial charge in [-0.2, -0.15) is 4.98 Å². The monoisotopic (exact) mass is 618 g/mol. The molecule has 1 aromatic heterocycles. The van der Waals surface area contributed by atoms with E-state index in [-0.39, 0.29) is 29.4 Å². The van der Waals surface area contributed by atoms with Crippen molar-refractivity contribution in [1.82, 2.24) is 14.9 Å². The Morgan fingerprint density at radius 2 is 1.69 bits per heavy atom. The van der Waals surface area contributed by atoms with Crippen LogP contribution in [0.4, 0.5) is 22.2 Å². The van der Waals surface area contributed by atoms with Crippen LogP contribution in [-0.4, -0.2) is 86.0 Å². The van der Waals surface area contributed by atoms with Gasteiger partial charge < -0.3 is 30.3 Å². The molecule has 0 spiro atoms. The van der Waals surface area contributed by atoms with E-state index in [1.807, 2.05) is 18.7 Å². The highest BCUT2D eigenvalue weighted by Crippen LogP contribution is 2.24. The lowest BCUT2D eigenvalue weighted by molar-refractivity contribution is -0.137. The number of nitrogens with zero attached hydrogens (tertiary/aromatic N) is 4. The van der Waals surface area contributed by atoms with E-state index in [1.54, 1.807) is 38.4 Å². The summed E-state index contributed by atoms with van der Waals surface area (Å²) in [7, 11) is -0.462. The lowest BCUT2D eigenvalue weighted by Crippen LogP contribution is -2.33. The maximum Gasteiger partial charge on any atom is 0.414 e. The van der Waals surface area contributed by atoms with Crippen LogP contribution in [0.2, 0.25) is 5.02 Å². The number of amides is 1. The molecular weight excluding hydrogens is 584 g/mol. The molecule has 0 aliphatic rings. The van der Waals surface area contributed by atoms with Gasteiger partial charge in [0, 0.05) is 45.2 Å². The van der Waals surface area contributed by atoms with Gasteiger partial charge in [-0.15, -0.1) is 0 Å². The van der Waals surface area contributed by atoms with Crippen molar-refractivity contribution in [3.8, 4) is 5.75 Å². The summed E-state index contributed by atoms with van der Waals surface area (Å²) in [4.78, 5) is 36.4. The molecule has 1 atom stereocenters. The van der Waals surface area contributed by atoms with E-state index >= 15 is 0 Å². The van der Waals surface area contributed by atoms with E-state index in [1.165, 1.54) is 35.4 Å². The number of aromatic nitrogens is 2. The third-order valence-corrected chi connectivity index (χ3v) is 8.21. The Labute approximate surface area is 250 Å². The van der Waals surface area contributed by atoms with Gasteiger partial charge in [0.05, 0.1) is 22.5 Å². The standard InChI is InChI=1S/C28H35ClN6O6S/c1-5-35(6-2)27-31-18-24(30-15-16-42(39,40)22-13-9-20(29)10-14-22)25(33-27)32-23(26(36)37)17-19-7-11-21(12-8-19)41-28(38)34(3)4/h7-14,18,23,30H,5-6,15-17H2,1-4H3,(H,36,37)(H,31,32,33). The van der Waals surface area contributed by atoms with E-state index in [2.05, 4.69) is 20.6 Å². The van der Waals surface area contributed by atoms with Crippen molar-refractivity contribution < 1.29 is 27.9 Å². The van der Waals surface area contributed by atoms with Gasteiger partial charge in [0.2, 0.25) is 5.95 Å². The minimum absolute atomic E-state index is 0.0263. The summed E-state index contributed by atoms with van der Waals surface area (Å²) < 4.78 is 30.8. The Morgan fingerprint density at radius 3 is 2.26 bits per heavy atom. The predicted molar refractivity (Wildman–Crippen MR) is 162 cm³/mol. The fourth-order valence-corrected chi connectivity index (χ4v) is 5.12. The zero-order valence-electron chi connectivity index (χ0n) is 23.9. The molecule has 12 nitrogen and oxygen atoms in total. The molecule has 0 fully saturated rings. The number of hydrogen-bond donors (Lipinski definition) is 3. The molecule has 3 N–H and O–H groups in total. The molecule has 0 aliphatic heterocycles. The fourth-order valence-electron chi connectivity index (χ4n) is 3.84. The Bertz CT molecular complexity index is 1470. The van der Waals surface area contributed by atoms with Gasteiger partial charge in [0.1, 0.15) is 11.8 Å². The van der Waals surface area contributed by atoms with Crippen molar-refractivity contribution >= 4 is 51.0 Å². The van der Waals surface area contributed by atoms with Gasteiger partial charge in [-0.05, 0) is 55.8 Å². The number of carboxylic acids is 1. The number of anilines is 3. The molecule has 42 heavy (non-hydrogen) atoms. The number of benzene rings is 2. The molecule has 1 unspecified atom stereocenters. The SMILES string of the molecule is CCN(CC)c1ncc(NCCS(=O)(=O)c2ccc(Cl)cc2)c(NC(Cc2ccc(OC(=O)N(C)C)cc2)C(=O)O)n1. The number of nitrogens with one attached hydrogen (secondary N) is 2. The highest BCUT2D eigenvalue weighted by Gasteiger charge is 2.22. The number of carbonyl (C=O) groups excluding carboxylic acids is 1. The number of carbonyl (C=O) groups is 2. The van der Waals surface area contributed by atoms with Crippen molar-refractivity contribution in [2.75, 3.05) is 55.0 Å². The summed E-state index contributed by atoms with van der Waals surface area (Å²) in [5.74, 6) is -0.383. The topological polar surface area (TPSA) is 154 Å². The maximum absolute atomic E-state index is 12.8. The molecule has 0 bridgehead atoms. The summed E-state index contributed by atoms with van der Waals surface area (Å²) in [6, 6.07) is 11.4. The molecule has 226 valence electrons. The number of aliphatic carboxylic acids is 1. The van der Waals surface area contributed by atoms with E-state index < -0.39 is 27.9 Å². The molecule has 1 heterocycles. The van der Waals surface area contributed by atoms with Crippen molar-refractivity contribution in [2.24, 2.45) is 0 Å². The largest absolute Gasteiger partial charge is 0.480 e. The van der Waals surface area contributed by atoms with Crippen LogP contribution in [0.15, 0.2) is 59.6 Å². The molecule has 2 aromatic carbocycles. The summed E-state index contributed by atoms with van der Waals surface area (Å²) in [5, 5.41) is 16.5. The minimum Gasteiger partial charge on any atom is -0.480 e. The van der Waals surface area contributed by atoms with Gasteiger partial charge in [-0.1, -0.05) is 23.7 Å². The third-order valence-electron chi connectivity index (χ3n) is 6.22. The van der Waals surface area contributed by atoms with Crippen LogP contribution in [-0.2, 0) is 21.1 Å². The highest BCUT2D eigenvalue weighted by atomic mass is 35.5. The molecule has 0 aliphatic carbocycles. The second kappa shape index (κ2) is 14.7. The van der Waals surface area contributed by atoms with E-state index in [9.17, 15) is 23.1 Å². The van der Waals surface area contributed by atoms with Crippen LogP contribution in [0, 0.1) is 0 Å². The van der Waals surface area contributed by atoms with Gasteiger partial charge in [0.25, 0.3) is 0 Å². The predicted octanol–water partition coefficient (Wildman–Crippen LogP) is 4.03. The molecule has 14 heteroatoms. The Balaban J connectivity index is 1.80. The average molecular weight is 619 g/mol. The minimum atomic E-state index is -3.60. The zero-order chi connectivity index (χ0) is 30.9. The Morgan fingerprint density at radius 1 is 1.05 bits per heavy atom. The second-order valence-electron chi connectivity index (χ2n) is 9.45. The molecule has 0 saturated carbocycles. The first-order valence-electron chi connectivity index (χ1n) is 13.2. The summed E-state index contributed by atoms with van der Waals surface area (Å²) in [5.41, 5.74) is 1.04. The molecule has 0 saturated heterocycles. The van der Waals surface area contributed by atoms with E-state index in [0.717, 1.165) is 0 Å². The van der Waals surface area contributed by atoms with Crippen molar-refractivity contribution in [1.29, 1.82) is 0 Å². The molecule has 0 radical (unpaired) electrons. The number of ether oxygens (including phenoxy) is 1. The van der Waals surface area contributed by atoms with E-state index in [4.69, 9.17) is 16.3 Å². The summed E-state index contributed by atoms with van der Waals surface area (Å²) in [6.07, 6.45) is 1.07. The Kier molecular flexibility index (Phi) is 11.3. The average Bonchev–Trinajstić information content (AvgIpc) is 2.95. The molecule has 3 aromatic rings. The fraction of sp³-hybridized carbons (Fsp3) is 0.357. The second-order valence-corrected chi connectivity index (χ2v) is 12.0.